The zero-order chi connectivity index (χ0) is 14.1. The molecule has 0 atom stereocenters. The Bertz CT molecular complexity index is 612. The number of halogens is 1. The quantitative estimate of drug-likeness (QED) is 0.892. The lowest BCUT2D eigenvalue weighted by Gasteiger charge is -2.16. The Labute approximate surface area is 118 Å². The van der Waals surface area contributed by atoms with Crippen LogP contribution in [0.15, 0.2) is 24.4 Å². The molecular weight excluding hydrogens is 253 g/mol. The van der Waals surface area contributed by atoms with Gasteiger partial charge in [-0.3, -0.25) is 0 Å². The summed E-state index contributed by atoms with van der Waals surface area (Å²) in [6, 6.07) is 5.71. The zero-order valence-corrected chi connectivity index (χ0v) is 12.0. The van der Waals surface area contributed by atoms with Crippen molar-refractivity contribution in [1.82, 2.24) is 9.55 Å². The van der Waals surface area contributed by atoms with Gasteiger partial charge in [0.15, 0.2) is 0 Å². The fraction of sp³-hybridized carbons (Fsp3) is 0.438. The summed E-state index contributed by atoms with van der Waals surface area (Å²) >= 11 is 0. The summed E-state index contributed by atoms with van der Waals surface area (Å²) in [5.41, 5.74) is 2.37. The number of benzene rings is 1. The highest BCUT2D eigenvalue weighted by Gasteiger charge is 2.20. The minimum atomic E-state index is -0.233. The Morgan fingerprint density at radius 1 is 1.25 bits per heavy atom. The van der Waals surface area contributed by atoms with Crippen LogP contribution in [-0.4, -0.2) is 9.55 Å². The molecular formula is C16H20FN3. The molecule has 4 heteroatoms. The third kappa shape index (κ3) is 2.55. The largest absolute Gasteiger partial charge is 0.323 e. The molecule has 1 saturated carbocycles. The van der Waals surface area contributed by atoms with E-state index in [2.05, 4.69) is 21.1 Å². The van der Waals surface area contributed by atoms with E-state index < -0.39 is 0 Å². The molecule has 0 amide bonds. The molecule has 1 aliphatic rings. The molecule has 106 valence electrons. The number of nitrogens with zero attached hydrogens (tertiary/aromatic N) is 2. The van der Waals surface area contributed by atoms with Gasteiger partial charge in [0.25, 0.3) is 0 Å². The van der Waals surface area contributed by atoms with E-state index >= 15 is 0 Å². The Morgan fingerprint density at radius 2 is 2.00 bits per heavy atom. The predicted molar refractivity (Wildman–Crippen MR) is 78.9 cm³/mol. The fourth-order valence-corrected chi connectivity index (χ4v) is 2.91. The van der Waals surface area contributed by atoms with Crippen LogP contribution in [0.3, 0.4) is 0 Å². The number of hydrogen-bond donors (Lipinski definition) is 1. The van der Waals surface area contributed by atoms with Crippen molar-refractivity contribution >= 4 is 11.6 Å². The molecule has 0 saturated heterocycles. The third-order valence-corrected chi connectivity index (χ3v) is 3.94. The maximum Gasteiger partial charge on any atom is 0.207 e. The van der Waals surface area contributed by atoms with Crippen molar-refractivity contribution < 1.29 is 4.39 Å². The molecule has 1 N–H and O–H groups in total. The van der Waals surface area contributed by atoms with Crippen molar-refractivity contribution in [1.29, 1.82) is 0 Å². The van der Waals surface area contributed by atoms with Gasteiger partial charge >= 0.3 is 0 Å². The van der Waals surface area contributed by atoms with E-state index in [1.807, 2.05) is 19.9 Å². The Hall–Kier alpha value is -1.84. The van der Waals surface area contributed by atoms with Crippen LogP contribution in [0.4, 0.5) is 16.0 Å². The van der Waals surface area contributed by atoms with Crippen molar-refractivity contribution in [2.45, 2.75) is 45.6 Å². The number of imidazole rings is 1. The summed E-state index contributed by atoms with van der Waals surface area (Å²) in [7, 11) is 0. The molecule has 1 aliphatic carbocycles. The molecule has 0 bridgehead atoms. The summed E-state index contributed by atoms with van der Waals surface area (Å²) in [4.78, 5) is 4.50. The minimum absolute atomic E-state index is 0.233. The van der Waals surface area contributed by atoms with Crippen molar-refractivity contribution in [2.75, 3.05) is 5.32 Å². The van der Waals surface area contributed by atoms with E-state index in [0.717, 1.165) is 17.2 Å². The average molecular weight is 273 g/mol. The summed E-state index contributed by atoms with van der Waals surface area (Å²) < 4.78 is 16.1. The normalized spacial score (nSPS) is 15.8. The molecule has 3 nitrogen and oxygen atoms in total. The summed E-state index contributed by atoms with van der Waals surface area (Å²) in [5, 5.41) is 3.14. The Kier molecular flexibility index (Phi) is 3.47. The molecule has 0 spiro atoms. The first-order valence-corrected chi connectivity index (χ1v) is 7.22. The maximum atomic E-state index is 14.0. The van der Waals surface area contributed by atoms with Crippen molar-refractivity contribution in [2.24, 2.45) is 0 Å². The van der Waals surface area contributed by atoms with Crippen molar-refractivity contribution in [3.63, 3.8) is 0 Å². The van der Waals surface area contributed by atoms with Crippen LogP contribution in [0.25, 0.3) is 0 Å². The highest BCUT2D eigenvalue weighted by Crippen LogP contribution is 2.33. The molecule has 1 heterocycles. The van der Waals surface area contributed by atoms with E-state index in [-0.39, 0.29) is 5.82 Å². The Balaban J connectivity index is 1.90. The monoisotopic (exact) mass is 273 g/mol. The fourth-order valence-electron chi connectivity index (χ4n) is 2.91. The maximum absolute atomic E-state index is 14.0. The summed E-state index contributed by atoms with van der Waals surface area (Å²) in [6.07, 6.45) is 6.95. The first-order valence-electron chi connectivity index (χ1n) is 7.22. The molecule has 1 fully saturated rings. The standard InChI is InChI=1S/C16H20FN3/c1-11-7-8-15(14(17)9-11)19-16-18-12(2)10-20(16)13-5-3-4-6-13/h7-10,13H,3-6H2,1-2H3,(H,18,19). The zero-order valence-electron chi connectivity index (χ0n) is 12.0. The van der Waals surface area contributed by atoms with Gasteiger partial charge < -0.3 is 9.88 Å². The average Bonchev–Trinajstić information content (AvgIpc) is 3.02. The van der Waals surface area contributed by atoms with E-state index in [0.29, 0.717) is 11.7 Å². The predicted octanol–water partition coefficient (Wildman–Crippen LogP) is 4.50. The van der Waals surface area contributed by atoms with Crippen LogP contribution in [0.5, 0.6) is 0 Å². The van der Waals surface area contributed by atoms with E-state index in [9.17, 15) is 4.39 Å². The first kappa shape index (κ1) is 13.2. The number of rotatable bonds is 3. The number of aryl methyl sites for hydroxylation is 2. The second-order valence-electron chi connectivity index (χ2n) is 5.66. The minimum Gasteiger partial charge on any atom is -0.323 e. The molecule has 1 aromatic heterocycles. The van der Waals surface area contributed by atoms with Crippen molar-refractivity contribution in [3.8, 4) is 0 Å². The van der Waals surface area contributed by atoms with Gasteiger partial charge in [0.2, 0.25) is 5.95 Å². The van der Waals surface area contributed by atoms with Crippen LogP contribution in [0.1, 0.15) is 43.0 Å². The van der Waals surface area contributed by atoms with Gasteiger partial charge in [0.05, 0.1) is 11.4 Å². The van der Waals surface area contributed by atoms with Gasteiger partial charge in [-0.2, -0.15) is 0 Å². The topological polar surface area (TPSA) is 29.9 Å². The second kappa shape index (κ2) is 5.27. The molecule has 0 aliphatic heterocycles. The van der Waals surface area contributed by atoms with Crippen molar-refractivity contribution in [3.05, 3.63) is 41.5 Å². The van der Waals surface area contributed by atoms with E-state index in [4.69, 9.17) is 0 Å². The van der Waals surface area contributed by atoms with E-state index in [1.165, 1.54) is 31.7 Å². The summed E-state index contributed by atoms with van der Waals surface area (Å²) in [5.74, 6) is 0.515. The van der Waals surface area contributed by atoms with Gasteiger partial charge in [-0.1, -0.05) is 18.9 Å². The molecule has 0 unspecified atom stereocenters. The Morgan fingerprint density at radius 3 is 2.70 bits per heavy atom. The molecule has 3 rings (SSSR count). The molecule has 2 aromatic rings. The van der Waals surface area contributed by atoms with Crippen LogP contribution < -0.4 is 5.32 Å². The number of hydrogen-bond acceptors (Lipinski definition) is 2. The smallest absolute Gasteiger partial charge is 0.207 e. The van der Waals surface area contributed by atoms with Gasteiger partial charge in [-0.15, -0.1) is 0 Å². The van der Waals surface area contributed by atoms with Crippen LogP contribution >= 0.6 is 0 Å². The lowest BCUT2D eigenvalue weighted by molar-refractivity contribution is 0.524. The molecule has 20 heavy (non-hydrogen) atoms. The third-order valence-electron chi connectivity index (χ3n) is 3.94. The SMILES string of the molecule is Cc1ccc(Nc2nc(C)cn2C2CCCC2)c(F)c1. The van der Waals surface area contributed by atoms with Crippen LogP contribution in [-0.2, 0) is 0 Å². The molecule has 0 radical (unpaired) electrons. The van der Waals surface area contributed by atoms with E-state index in [1.54, 1.807) is 6.07 Å². The van der Waals surface area contributed by atoms with Gasteiger partial charge in [0, 0.05) is 12.2 Å². The van der Waals surface area contributed by atoms with Gasteiger partial charge in [-0.05, 0) is 44.4 Å². The molecule has 1 aromatic carbocycles. The van der Waals surface area contributed by atoms with Gasteiger partial charge in [0.1, 0.15) is 5.82 Å². The number of nitrogens with one attached hydrogen (secondary N) is 1. The summed E-state index contributed by atoms with van der Waals surface area (Å²) in [6.45, 7) is 3.86. The lowest BCUT2D eigenvalue weighted by atomic mass is 10.2. The number of anilines is 2. The highest BCUT2D eigenvalue weighted by atomic mass is 19.1. The first-order chi connectivity index (χ1) is 9.63. The lowest BCUT2D eigenvalue weighted by Crippen LogP contribution is -2.08. The van der Waals surface area contributed by atoms with Crippen LogP contribution in [0, 0.1) is 19.7 Å². The second-order valence-corrected chi connectivity index (χ2v) is 5.66. The number of aromatic nitrogens is 2. The van der Waals surface area contributed by atoms with Gasteiger partial charge in [-0.25, -0.2) is 9.37 Å². The highest BCUT2D eigenvalue weighted by molar-refractivity contribution is 5.55. The van der Waals surface area contributed by atoms with Crippen LogP contribution in [0.2, 0.25) is 0 Å².